The van der Waals surface area contributed by atoms with E-state index in [1.54, 1.807) is 0 Å². The molecule has 2 heterocycles. The van der Waals surface area contributed by atoms with Gasteiger partial charge in [-0.05, 0) is 0 Å². The van der Waals surface area contributed by atoms with Gasteiger partial charge >= 0.3 is 24.2 Å². The number of hydrogen-bond donors (Lipinski definition) is 1. The Hall–Kier alpha value is -4.24. The van der Waals surface area contributed by atoms with Gasteiger partial charge in [0.15, 0.2) is 0 Å². The summed E-state index contributed by atoms with van der Waals surface area (Å²) in [6.07, 6.45) is -4.59. The summed E-state index contributed by atoms with van der Waals surface area (Å²) in [4.78, 5) is 100.0. The first-order chi connectivity index (χ1) is 15.1. The van der Waals surface area contributed by atoms with Crippen molar-refractivity contribution in [1.82, 2.24) is 10.1 Å². The van der Waals surface area contributed by atoms with Crippen LogP contribution < -0.4 is 0 Å². The third-order valence-electron chi connectivity index (χ3n) is 3.88. The number of aliphatic carboxylic acids is 1. The molecule has 0 aromatic rings. The predicted molar refractivity (Wildman–Crippen MR) is 88.9 cm³/mol. The summed E-state index contributed by atoms with van der Waals surface area (Å²) in [6, 6.07) is 0. The summed E-state index contributed by atoms with van der Waals surface area (Å²) in [6.45, 7) is -1.95. The van der Waals surface area contributed by atoms with Crippen LogP contribution >= 0.6 is 0 Å². The molecule has 2 aliphatic rings. The molecule has 2 rings (SSSR count). The maximum atomic E-state index is 12.0. The van der Waals surface area contributed by atoms with Crippen molar-refractivity contribution in [3.8, 4) is 0 Å². The Labute approximate surface area is 177 Å². The lowest BCUT2D eigenvalue weighted by molar-refractivity contribution is -0.184. The minimum atomic E-state index is -1.58. The molecule has 2 saturated heterocycles. The lowest BCUT2D eigenvalue weighted by Crippen LogP contribution is -2.34. The molecular formula is C16H16N2O14. The lowest BCUT2D eigenvalue weighted by atomic mass is 10.1. The number of carboxylic acids is 1. The van der Waals surface area contributed by atoms with Crippen LogP contribution in [0.4, 0.5) is 9.59 Å². The van der Waals surface area contributed by atoms with Gasteiger partial charge in [-0.15, -0.1) is 0 Å². The van der Waals surface area contributed by atoms with Crippen LogP contribution in [0.1, 0.15) is 32.1 Å². The highest BCUT2D eigenvalue weighted by molar-refractivity contribution is 6.02. The van der Waals surface area contributed by atoms with Gasteiger partial charge in [-0.2, -0.15) is 0 Å². The van der Waals surface area contributed by atoms with Crippen molar-refractivity contribution in [3.63, 3.8) is 0 Å². The Bertz CT molecular complexity index is 820. The van der Waals surface area contributed by atoms with Crippen molar-refractivity contribution >= 4 is 47.9 Å². The molecule has 0 saturated carbocycles. The highest BCUT2D eigenvalue weighted by atomic mass is 16.9. The Kier molecular flexibility index (Phi) is 8.03. The number of hydrogen-bond acceptors (Lipinski definition) is 13. The molecule has 1 atom stereocenters. The maximum absolute atomic E-state index is 12.0. The van der Waals surface area contributed by atoms with Gasteiger partial charge < -0.3 is 19.3 Å². The van der Waals surface area contributed by atoms with Crippen LogP contribution in [0, 0.1) is 5.92 Å². The molecule has 2 fully saturated rings. The van der Waals surface area contributed by atoms with Crippen molar-refractivity contribution < 1.29 is 67.3 Å². The van der Waals surface area contributed by atoms with Crippen molar-refractivity contribution in [1.29, 1.82) is 0 Å². The summed E-state index contributed by atoms with van der Waals surface area (Å²) in [5.74, 6) is -7.43. The molecule has 16 nitrogen and oxygen atoms in total. The number of amides is 4. The highest BCUT2D eigenvalue weighted by Gasteiger charge is 2.35. The van der Waals surface area contributed by atoms with E-state index in [1.807, 2.05) is 0 Å². The Morgan fingerprint density at radius 3 is 1.62 bits per heavy atom. The minimum Gasteiger partial charge on any atom is -0.481 e. The second-order valence-electron chi connectivity index (χ2n) is 6.18. The zero-order chi connectivity index (χ0) is 23.8. The Morgan fingerprint density at radius 2 is 1.19 bits per heavy atom. The van der Waals surface area contributed by atoms with Crippen LogP contribution in [-0.2, 0) is 52.7 Å². The van der Waals surface area contributed by atoms with Gasteiger partial charge in [-0.25, -0.2) is 9.59 Å². The molecule has 0 spiro atoms. The molecule has 1 N–H and O–H groups in total. The molecule has 0 aromatic carbocycles. The van der Waals surface area contributed by atoms with Crippen molar-refractivity contribution in [2.24, 2.45) is 5.92 Å². The van der Waals surface area contributed by atoms with Crippen LogP contribution in [0.25, 0.3) is 0 Å². The van der Waals surface area contributed by atoms with Crippen LogP contribution in [0.5, 0.6) is 0 Å². The molecular weight excluding hydrogens is 444 g/mol. The summed E-state index contributed by atoms with van der Waals surface area (Å²) in [7, 11) is 0. The first-order valence-corrected chi connectivity index (χ1v) is 8.88. The predicted octanol–water partition coefficient (Wildman–Crippen LogP) is -0.988. The maximum Gasteiger partial charge on any atom is 0.536 e. The number of carboxylic acid groups (broad SMARTS) is 1. The highest BCUT2D eigenvalue weighted by Crippen LogP contribution is 2.15. The first-order valence-electron chi connectivity index (χ1n) is 8.88. The molecule has 16 heteroatoms. The molecule has 174 valence electrons. The standard InChI is InChI=1S/C16H16N2O14/c19-9-1-2-10(20)17(9)31-15(26)28-6-8(5-13(23)24)14(25)29-7-30-16(27)32-18-11(21)3-4-12(18)22/h8H,1-7H2,(H,23,24). The van der Waals surface area contributed by atoms with Crippen LogP contribution in [0.15, 0.2) is 0 Å². The number of rotatable bonds is 9. The topological polar surface area (TPSA) is 209 Å². The van der Waals surface area contributed by atoms with E-state index in [0.29, 0.717) is 0 Å². The second kappa shape index (κ2) is 10.7. The van der Waals surface area contributed by atoms with Crippen molar-refractivity contribution in [3.05, 3.63) is 0 Å². The average molecular weight is 460 g/mol. The minimum absolute atomic E-state index is 0.152. The molecule has 0 aliphatic carbocycles. The van der Waals surface area contributed by atoms with Gasteiger partial charge in [0.05, 0.1) is 6.42 Å². The van der Waals surface area contributed by atoms with Crippen molar-refractivity contribution in [2.45, 2.75) is 32.1 Å². The van der Waals surface area contributed by atoms with E-state index in [9.17, 15) is 38.4 Å². The van der Waals surface area contributed by atoms with E-state index in [0.717, 1.165) is 0 Å². The zero-order valence-electron chi connectivity index (χ0n) is 16.2. The van der Waals surface area contributed by atoms with Crippen LogP contribution in [0.3, 0.4) is 0 Å². The van der Waals surface area contributed by atoms with Gasteiger partial charge in [0.25, 0.3) is 23.6 Å². The summed E-state index contributed by atoms with van der Waals surface area (Å²) in [5, 5.41) is 9.24. The Balaban J connectivity index is 1.78. The third-order valence-corrected chi connectivity index (χ3v) is 3.88. The monoisotopic (exact) mass is 460 g/mol. The molecule has 2 aliphatic heterocycles. The average Bonchev–Trinajstić information content (AvgIpc) is 3.20. The number of carbonyl (C=O) groups is 8. The smallest absolute Gasteiger partial charge is 0.481 e. The largest absolute Gasteiger partial charge is 0.536 e. The zero-order valence-corrected chi connectivity index (χ0v) is 16.2. The van der Waals surface area contributed by atoms with E-state index in [4.69, 9.17) is 5.11 Å². The number of nitrogens with zero attached hydrogens (tertiary/aromatic N) is 2. The fourth-order valence-corrected chi connectivity index (χ4v) is 2.36. The first kappa shape index (κ1) is 24.0. The van der Waals surface area contributed by atoms with E-state index in [1.165, 1.54) is 0 Å². The van der Waals surface area contributed by atoms with Gasteiger partial charge in [0.2, 0.25) is 6.79 Å². The van der Waals surface area contributed by atoms with Crippen molar-refractivity contribution in [2.75, 3.05) is 13.4 Å². The van der Waals surface area contributed by atoms with E-state index in [-0.39, 0.29) is 35.8 Å². The molecule has 1 unspecified atom stereocenters. The SMILES string of the molecule is O=C(O)CC(COC(=O)ON1C(=O)CCC1=O)C(=O)OCOC(=O)ON1C(=O)CCC1=O. The normalized spacial score (nSPS) is 16.6. The third kappa shape index (κ3) is 6.64. The van der Waals surface area contributed by atoms with Gasteiger partial charge in [0, 0.05) is 25.7 Å². The van der Waals surface area contributed by atoms with Gasteiger partial charge in [-0.1, -0.05) is 10.1 Å². The molecule has 4 amide bonds. The van der Waals surface area contributed by atoms with E-state index in [2.05, 4.69) is 23.9 Å². The molecule has 0 aromatic heterocycles. The molecule has 0 bridgehead atoms. The summed E-state index contributed by atoms with van der Waals surface area (Å²) in [5.41, 5.74) is 0. The van der Waals surface area contributed by atoms with Gasteiger partial charge in [-0.3, -0.25) is 38.4 Å². The van der Waals surface area contributed by atoms with E-state index >= 15 is 0 Å². The quantitative estimate of drug-likeness (QED) is 0.249. The fraction of sp³-hybridized carbons (Fsp3) is 0.500. The second-order valence-corrected chi connectivity index (χ2v) is 6.18. The number of carbonyl (C=O) groups excluding carboxylic acids is 7. The summed E-state index contributed by atoms with van der Waals surface area (Å²) < 4.78 is 13.4. The fourth-order valence-electron chi connectivity index (χ4n) is 2.36. The molecule has 32 heavy (non-hydrogen) atoms. The number of ether oxygens (including phenoxy) is 3. The number of esters is 1. The van der Waals surface area contributed by atoms with Crippen LogP contribution in [-0.4, -0.2) is 76.5 Å². The summed E-state index contributed by atoms with van der Waals surface area (Å²) >= 11 is 0. The number of imide groups is 2. The van der Waals surface area contributed by atoms with Gasteiger partial charge in [0.1, 0.15) is 12.5 Å². The van der Waals surface area contributed by atoms with E-state index < -0.39 is 73.6 Å². The number of hydroxylamine groups is 4. The Morgan fingerprint density at radius 1 is 0.750 bits per heavy atom. The van der Waals surface area contributed by atoms with Crippen LogP contribution in [0.2, 0.25) is 0 Å². The lowest BCUT2D eigenvalue weighted by Gasteiger charge is -2.16. The molecule has 0 radical (unpaired) electrons.